The van der Waals surface area contributed by atoms with Gasteiger partial charge >= 0.3 is 0 Å². The van der Waals surface area contributed by atoms with Crippen molar-refractivity contribution in [3.8, 4) is 0 Å². The zero-order chi connectivity index (χ0) is 22.1. The van der Waals surface area contributed by atoms with E-state index < -0.39 is 0 Å². The summed E-state index contributed by atoms with van der Waals surface area (Å²) >= 11 is 0. The van der Waals surface area contributed by atoms with Crippen LogP contribution in [0.25, 0.3) is 0 Å². The molecule has 1 aromatic heterocycles. The number of nitrogens with zero attached hydrogens (tertiary/aromatic N) is 3. The van der Waals surface area contributed by atoms with Crippen LogP contribution in [0.4, 0.5) is 0 Å². The van der Waals surface area contributed by atoms with Crippen molar-refractivity contribution in [3.05, 3.63) is 47.7 Å². The standard InChI is InChI=1S/C26H40N4O/c1-4-10-20(3)23(11-5-2)27-26(31)19-18-25-29-28-24(30(25)22-14-9-15-22)17-16-21-12-7-6-8-13-21/h5,10-11,21-22H,2,4,6-9,12-19H2,1,3H3,(H,27,31)/b20-10-,23-11+. The van der Waals surface area contributed by atoms with Gasteiger partial charge in [-0.05, 0) is 56.6 Å². The van der Waals surface area contributed by atoms with Crippen molar-refractivity contribution in [2.75, 3.05) is 0 Å². The van der Waals surface area contributed by atoms with Crippen LogP contribution in [-0.4, -0.2) is 20.7 Å². The first kappa shape index (κ1) is 23.5. The minimum atomic E-state index is 0.0175. The molecule has 0 radical (unpaired) electrons. The second-order valence-corrected chi connectivity index (χ2v) is 9.19. The molecule has 0 aromatic carbocycles. The number of nitrogens with one attached hydrogen (secondary N) is 1. The highest BCUT2D eigenvalue weighted by Crippen LogP contribution is 2.34. The lowest BCUT2D eigenvalue weighted by atomic mass is 9.86. The Morgan fingerprint density at radius 2 is 1.81 bits per heavy atom. The monoisotopic (exact) mass is 424 g/mol. The third-order valence-corrected chi connectivity index (χ3v) is 6.85. The number of allylic oxidation sites excluding steroid dienone is 4. The van der Waals surface area contributed by atoms with Crippen molar-refractivity contribution in [2.45, 2.75) is 103 Å². The number of carbonyl (C=O) groups is 1. The van der Waals surface area contributed by atoms with Crippen molar-refractivity contribution in [2.24, 2.45) is 5.92 Å². The molecule has 2 saturated carbocycles. The molecule has 5 heteroatoms. The van der Waals surface area contributed by atoms with Crippen LogP contribution in [0.3, 0.4) is 0 Å². The average molecular weight is 425 g/mol. The fourth-order valence-corrected chi connectivity index (χ4v) is 4.82. The molecule has 3 rings (SSSR count). The van der Waals surface area contributed by atoms with Crippen molar-refractivity contribution in [1.29, 1.82) is 0 Å². The highest BCUT2D eigenvalue weighted by atomic mass is 16.1. The van der Waals surface area contributed by atoms with Crippen LogP contribution >= 0.6 is 0 Å². The summed E-state index contributed by atoms with van der Waals surface area (Å²) < 4.78 is 2.38. The van der Waals surface area contributed by atoms with E-state index >= 15 is 0 Å². The van der Waals surface area contributed by atoms with Crippen LogP contribution < -0.4 is 5.32 Å². The zero-order valence-corrected chi connectivity index (χ0v) is 19.5. The normalized spacial score (nSPS) is 18.6. The molecule has 1 aromatic rings. The Balaban J connectivity index is 1.60. The molecule has 0 spiro atoms. The first-order valence-electron chi connectivity index (χ1n) is 12.3. The minimum Gasteiger partial charge on any atom is -0.326 e. The molecule has 0 unspecified atom stereocenters. The maximum atomic E-state index is 12.6. The van der Waals surface area contributed by atoms with Gasteiger partial charge in [0.25, 0.3) is 0 Å². The first-order valence-corrected chi connectivity index (χ1v) is 12.3. The van der Waals surface area contributed by atoms with E-state index in [0.717, 1.165) is 41.7 Å². The predicted octanol–water partition coefficient (Wildman–Crippen LogP) is 5.99. The molecule has 1 heterocycles. The number of amides is 1. The van der Waals surface area contributed by atoms with Crippen LogP contribution in [-0.2, 0) is 17.6 Å². The van der Waals surface area contributed by atoms with Crippen LogP contribution in [0.15, 0.2) is 36.1 Å². The summed E-state index contributed by atoms with van der Waals surface area (Å²) in [5.41, 5.74) is 1.90. The van der Waals surface area contributed by atoms with E-state index in [1.54, 1.807) is 6.08 Å². The molecule has 0 atom stereocenters. The van der Waals surface area contributed by atoms with Gasteiger partial charge in [0.1, 0.15) is 11.6 Å². The Morgan fingerprint density at radius 3 is 2.42 bits per heavy atom. The Bertz CT molecular complexity index is 794. The number of carbonyl (C=O) groups excluding carboxylic acids is 1. The quantitative estimate of drug-likeness (QED) is 0.444. The minimum absolute atomic E-state index is 0.0175. The highest BCUT2D eigenvalue weighted by molar-refractivity contribution is 5.79. The van der Waals surface area contributed by atoms with Gasteiger partial charge in [-0.1, -0.05) is 57.8 Å². The van der Waals surface area contributed by atoms with E-state index in [2.05, 4.69) is 39.7 Å². The van der Waals surface area contributed by atoms with Crippen molar-refractivity contribution in [3.63, 3.8) is 0 Å². The average Bonchev–Trinajstić information content (AvgIpc) is 3.12. The Kier molecular flexibility index (Phi) is 9.11. The van der Waals surface area contributed by atoms with E-state index in [1.807, 2.05) is 13.0 Å². The highest BCUT2D eigenvalue weighted by Gasteiger charge is 2.26. The predicted molar refractivity (Wildman–Crippen MR) is 127 cm³/mol. The van der Waals surface area contributed by atoms with Crippen LogP contribution in [0.5, 0.6) is 0 Å². The van der Waals surface area contributed by atoms with Crippen molar-refractivity contribution >= 4 is 5.91 Å². The number of aromatic nitrogens is 3. The molecule has 170 valence electrons. The van der Waals surface area contributed by atoms with Gasteiger partial charge in [0.15, 0.2) is 0 Å². The summed E-state index contributed by atoms with van der Waals surface area (Å²) in [4.78, 5) is 12.6. The second-order valence-electron chi connectivity index (χ2n) is 9.19. The second kappa shape index (κ2) is 12.0. The largest absolute Gasteiger partial charge is 0.326 e. The van der Waals surface area contributed by atoms with Crippen LogP contribution in [0, 0.1) is 5.92 Å². The maximum absolute atomic E-state index is 12.6. The molecule has 0 bridgehead atoms. The fraction of sp³-hybridized carbons (Fsp3) is 0.654. The van der Waals surface area contributed by atoms with Crippen LogP contribution in [0.1, 0.15) is 102 Å². The summed E-state index contributed by atoms with van der Waals surface area (Å²) in [5, 5.41) is 12.1. The lowest BCUT2D eigenvalue weighted by molar-refractivity contribution is -0.120. The van der Waals surface area contributed by atoms with Gasteiger partial charge in [-0.3, -0.25) is 4.79 Å². The third kappa shape index (κ3) is 6.65. The van der Waals surface area contributed by atoms with E-state index in [1.165, 1.54) is 57.8 Å². The third-order valence-electron chi connectivity index (χ3n) is 6.85. The van der Waals surface area contributed by atoms with E-state index in [0.29, 0.717) is 18.9 Å². The molecule has 0 aliphatic heterocycles. The number of aryl methyl sites for hydroxylation is 2. The van der Waals surface area contributed by atoms with Gasteiger partial charge in [0.05, 0.1) is 0 Å². The molecule has 2 fully saturated rings. The van der Waals surface area contributed by atoms with Gasteiger partial charge in [0, 0.05) is 31.0 Å². The topological polar surface area (TPSA) is 59.8 Å². The summed E-state index contributed by atoms with van der Waals surface area (Å²) in [6.45, 7) is 7.88. The molecule has 1 N–H and O–H groups in total. The molecule has 31 heavy (non-hydrogen) atoms. The van der Waals surface area contributed by atoms with Crippen molar-refractivity contribution in [1.82, 2.24) is 20.1 Å². The number of hydrogen-bond acceptors (Lipinski definition) is 3. The number of rotatable bonds is 11. The zero-order valence-electron chi connectivity index (χ0n) is 19.5. The van der Waals surface area contributed by atoms with Gasteiger partial charge in [-0.15, -0.1) is 10.2 Å². The van der Waals surface area contributed by atoms with E-state index in [9.17, 15) is 4.79 Å². The van der Waals surface area contributed by atoms with Crippen molar-refractivity contribution < 1.29 is 4.79 Å². The molecular weight excluding hydrogens is 384 g/mol. The fourth-order valence-electron chi connectivity index (χ4n) is 4.82. The summed E-state index contributed by atoms with van der Waals surface area (Å²) in [6, 6.07) is 0.528. The van der Waals surface area contributed by atoms with Gasteiger partial charge in [-0.2, -0.15) is 0 Å². The Morgan fingerprint density at radius 1 is 1.10 bits per heavy atom. The van der Waals surface area contributed by atoms with Gasteiger partial charge < -0.3 is 9.88 Å². The smallest absolute Gasteiger partial charge is 0.224 e. The lowest BCUT2D eigenvalue weighted by Gasteiger charge is -2.30. The molecule has 2 aliphatic rings. The Labute approximate surface area is 188 Å². The first-order chi connectivity index (χ1) is 15.1. The van der Waals surface area contributed by atoms with Crippen LogP contribution in [0.2, 0.25) is 0 Å². The summed E-state index contributed by atoms with van der Waals surface area (Å²) in [6.07, 6.45) is 20.5. The van der Waals surface area contributed by atoms with E-state index in [-0.39, 0.29) is 5.91 Å². The van der Waals surface area contributed by atoms with Gasteiger partial charge in [0.2, 0.25) is 5.91 Å². The Hall–Kier alpha value is -2.17. The number of hydrogen-bond donors (Lipinski definition) is 1. The summed E-state index contributed by atoms with van der Waals surface area (Å²) in [7, 11) is 0. The SMILES string of the molecule is C=C/C=C(NC(=O)CCc1nnc(CCC2CCCCC2)n1C1CCC1)\C(C)=C/CC. The van der Waals surface area contributed by atoms with E-state index in [4.69, 9.17) is 0 Å². The molecule has 5 nitrogen and oxygen atoms in total. The summed E-state index contributed by atoms with van der Waals surface area (Å²) in [5.74, 6) is 2.99. The lowest BCUT2D eigenvalue weighted by Crippen LogP contribution is -2.25. The maximum Gasteiger partial charge on any atom is 0.224 e. The molecule has 1 amide bonds. The molecular formula is C26H40N4O. The van der Waals surface area contributed by atoms with Gasteiger partial charge in [-0.25, -0.2) is 0 Å². The molecule has 2 aliphatic carbocycles. The molecule has 0 saturated heterocycles.